The van der Waals surface area contributed by atoms with Crippen molar-refractivity contribution < 1.29 is 4.79 Å². The molecule has 0 atom stereocenters. The smallest absolute Gasteiger partial charge is 0.255 e. The Kier molecular flexibility index (Phi) is 7.05. The van der Waals surface area contributed by atoms with Crippen molar-refractivity contribution in [3.05, 3.63) is 76.2 Å². The Bertz CT molecular complexity index is 1380. The Morgan fingerprint density at radius 2 is 1.72 bits per heavy atom. The van der Waals surface area contributed by atoms with E-state index in [4.69, 9.17) is 15.1 Å². The van der Waals surface area contributed by atoms with Gasteiger partial charge in [-0.1, -0.05) is 44.2 Å². The average Bonchev–Trinajstić information content (AvgIpc) is 3.04. The van der Waals surface area contributed by atoms with E-state index in [-0.39, 0.29) is 5.91 Å². The van der Waals surface area contributed by atoms with Gasteiger partial charge in [-0.15, -0.1) is 0 Å². The van der Waals surface area contributed by atoms with Crippen LogP contribution in [0.3, 0.4) is 0 Å². The van der Waals surface area contributed by atoms with E-state index in [1.807, 2.05) is 71.1 Å². The molecule has 0 saturated carbocycles. The molecule has 1 aliphatic rings. The van der Waals surface area contributed by atoms with Crippen molar-refractivity contribution in [3.8, 4) is 5.69 Å². The van der Waals surface area contributed by atoms with Crippen molar-refractivity contribution in [2.45, 2.75) is 33.6 Å². The number of hydrogen-bond donors (Lipinski definition) is 0. The zero-order chi connectivity index (χ0) is 25.2. The highest BCUT2D eigenvalue weighted by atomic mass is 79.9. The van der Waals surface area contributed by atoms with Gasteiger partial charge in [0.05, 0.1) is 22.3 Å². The first-order valence-corrected chi connectivity index (χ1v) is 13.3. The SMILES string of the molecule is Cc1nn(-c2ccccc2)c2nc(CC(C)C)nc(N3CCCN(C(=O)c4ccccc4Br)CC3)c12. The van der Waals surface area contributed by atoms with Crippen LogP contribution in [0.15, 0.2) is 59.1 Å². The minimum Gasteiger partial charge on any atom is -0.354 e. The van der Waals surface area contributed by atoms with E-state index in [1.165, 1.54) is 0 Å². The van der Waals surface area contributed by atoms with Crippen LogP contribution < -0.4 is 4.90 Å². The molecule has 36 heavy (non-hydrogen) atoms. The zero-order valence-electron chi connectivity index (χ0n) is 21.0. The molecular weight excluding hydrogens is 516 g/mol. The summed E-state index contributed by atoms with van der Waals surface area (Å²) in [6, 6.07) is 17.8. The zero-order valence-corrected chi connectivity index (χ0v) is 22.6. The van der Waals surface area contributed by atoms with E-state index in [9.17, 15) is 4.79 Å². The highest BCUT2D eigenvalue weighted by Crippen LogP contribution is 2.30. The summed E-state index contributed by atoms with van der Waals surface area (Å²) in [5.41, 5.74) is 3.43. The Morgan fingerprint density at radius 3 is 2.47 bits per heavy atom. The van der Waals surface area contributed by atoms with Crippen LogP contribution in [0.1, 0.15) is 42.1 Å². The monoisotopic (exact) mass is 546 g/mol. The molecule has 1 aliphatic heterocycles. The van der Waals surface area contributed by atoms with Gasteiger partial charge in [0, 0.05) is 37.1 Å². The molecule has 186 valence electrons. The van der Waals surface area contributed by atoms with Crippen molar-refractivity contribution >= 4 is 38.7 Å². The molecule has 7 nitrogen and oxygen atoms in total. The maximum atomic E-state index is 13.3. The van der Waals surface area contributed by atoms with Gasteiger partial charge in [-0.2, -0.15) is 5.10 Å². The van der Waals surface area contributed by atoms with Crippen molar-refractivity contribution in [2.75, 3.05) is 31.1 Å². The van der Waals surface area contributed by atoms with Crippen LogP contribution in [0.2, 0.25) is 0 Å². The van der Waals surface area contributed by atoms with Gasteiger partial charge < -0.3 is 9.80 Å². The normalized spacial score (nSPS) is 14.5. The molecule has 3 heterocycles. The van der Waals surface area contributed by atoms with E-state index in [0.717, 1.165) is 57.9 Å². The molecule has 8 heteroatoms. The first-order chi connectivity index (χ1) is 17.4. The molecule has 0 aliphatic carbocycles. The molecule has 0 bridgehead atoms. The number of carbonyl (C=O) groups excluding carboxylic acids is 1. The summed E-state index contributed by atoms with van der Waals surface area (Å²) in [6.07, 6.45) is 1.66. The summed E-state index contributed by atoms with van der Waals surface area (Å²) in [5.74, 6) is 2.25. The maximum Gasteiger partial charge on any atom is 0.255 e. The molecular formula is C28H31BrN6O. The van der Waals surface area contributed by atoms with Crippen LogP contribution in [0, 0.1) is 12.8 Å². The van der Waals surface area contributed by atoms with Crippen molar-refractivity contribution in [3.63, 3.8) is 0 Å². The van der Waals surface area contributed by atoms with Crippen molar-refractivity contribution in [1.29, 1.82) is 0 Å². The van der Waals surface area contributed by atoms with Gasteiger partial charge in [0.1, 0.15) is 11.6 Å². The van der Waals surface area contributed by atoms with Gasteiger partial charge in [-0.05, 0) is 59.5 Å². The molecule has 2 aromatic heterocycles. The Labute approximate surface area is 220 Å². The third-order valence-electron chi connectivity index (χ3n) is 6.51. The van der Waals surface area contributed by atoms with E-state index >= 15 is 0 Å². The van der Waals surface area contributed by atoms with E-state index in [0.29, 0.717) is 31.1 Å². The number of amides is 1. The lowest BCUT2D eigenvalue weighted by molar-refractivity contribution is 0.0766. The summed E-state index contributed by atoms with van der Waals surface area (Å²) in [6.45, 7) is 9.27. The van der Waals surface area contributed by atoms with Crippen molar-refractivity contribution in [2.24, 2.45) is 5.92 Å². The highest BCUT2D eigenvalue weighted by Gasteiger charge is 2.26. The molecule has 5 rings (SSSR count). The fourth-order valence-corrected chi connectivity index (χ4v) is 5.23. The first-order valence-electron chi connectivity index (χ1n) is 12.5. The number of anilines is 1. The molecule has 1 amide bonds. The molecule has 0 N–H and O–H groups in total. The lowest BCUT2D eigenvalue weighted by Gasteiger charge is -2.24. The minimum absolute atomic E-state index is 0.0609. The van der Waals surface area contributed by atoms with E-state index in [2.05, 4.69) is 34.7 Å². The van der Waals surface area contributed by atoms with Gasteiger partial charge >= 0.3 is 0 Å². The standard InChI is InChI=1S/C28H31BrN6O/c1-19(2)18-24-30-26(25-20(3)32-35(27(25)31-24)21-10-5-4-6-11-21)33-14-9-15-34(17-16-33)28(36)22-12-7-8-13-23(22)29/h4-8,10-13,19H,9,14-18H2,1-3H3. The minimum atomic E-state index is 0.0609. The number of halogens is 1. The van der Waals surface area contributed by atoms with Crippen LogP contribution in [0.5, 0.6) is 0 Å². The summed E-state index contributed by atoms with van der Waals surface area (Å²) in [7, 11) is 0. The second-order valence-corrected chi connectivity index (χ2v) is 10.6. The number of carbonyl (C=O) groups is 1. The fourth-order valence-electron chi connectivity index (χ4n) is 4.78. The quantitative estimate of drug-likeness (QED) is 0.333. The summed E-state index contributed by atoms with van der Waals surface area (Å²) >= 11 is 3.53. The van der Waals surface area contributed by atoms with Gasteiger partial charge in [-0.25, -0.2) is 14.6 Å². The molecule has 0 spiro atoms. The predicted molar refractivity (Wildman–Crippen MR) is 147 cm³/mol. The highest BCUT2D eigenvalue weighted by molar-refractivity contribution is 9.10. The van der Waals surface area contributed by atoms with Crippen molar-refractivity contribution in [1.82, 2.24) is 24.6 Å². The fraction of sp³-hybridized carbons (Fsp3) is 0.357. The Morgan fingerprint density at radius 1 is 0.972 bits per heavy atom. The number of aromatic nitrogens is 4. The second-order valence-electron chi connectivity index (χ2n) is 9.71. The molecule has 0 radical (unpaired) electrons. The number of hydrogen-bond acceptors (Lipinski definition) is 5. The van der Waals surface area contributed by atoms with E-state index < -0.39 is 0 Å². The second kappa shape index (κ2) is 10.4. The maximum absolute atomic E-state index is 13.3. The predicted octanol–water partition coefficient (Wildman–Crippen LogP) is 5.44. The number of fused-ring (bicyclic) bond motifs is 1. The van der Waals surface area contributed by atoms with Crippen LogP contribution in [-0.4, -0.2) is 56.7 Å². The molecule has 2 aromatic carbocycles. The van der Waals surface area contributed by atoms with Crippen LogP contribution in [0.25, 0.3) is 16.7 Å². The molecule has 4 aromatic rings. The van der Waals surface area contributed by atoms with E-state index in [1.54, 1.807) is 0 Å². The van der Waals surface area contributed by atoms with Gasteiger partial charge in [0.15, 0.2) is 5.65 Å². The summed E-state index contributed by atoms with van der Waals surface area (Å²) in [5, 5.41) is 5.85. The topological polar surface area (TPSA) is 67.2 Å². The lowest BCUT2D eigenvalue weighted by Crippen LogP contribution is -2.35. The van der Waals surface area contributed by atoms with Gasteiger partial charge in [0.2, 0.25) is 0 Å². The largest absolute Gasteiger partial charge is 0.354 e. The Balaban J connectivity index is 1.51. The molecule has 1 fully saturated rings. The number of rotatable bonds is 5. The molecule has 1 saturated heterocycles. The third kappa shape index (κ3) is 4.87. The summed E-state index contributed by atoms with van der Waals surface area (Å²) < 4.78 is 2.76. The average molecular weight is 548 g/mol. The number of para-hydroxylation sites is 1. The van der Waals surface area contributed by atoms with Gasteiger partial charge in [-0.3, -0.25) is 4.79 Å². The van der Waals surface area contributed by atoms with Gasteiger partial charge in [0.25, 0.3) is 5.91 Å². The number of nitrogens with zero attached hydrogens (tertiary/aromatic N) is 6. The first kappa shape index (κ1) is 24.4. The lowest BCUT2D eigenvalue weighted by atomic mass is 10.1. The van der Waals surface area contributed by atoms with Crippen LogP contribution in [-0.2, 0) is 6.42 Å². The Hall–Kier alpha value is -3.26. The van der Waals surface area contributed by atoms with Crippen LogP contribution >= 0.6 is 15.9 Å². The van der Waals surface area contributed by atoms with Crippen LogP contribution in [0.4, 0.5) is 5.82 Å². The molecule has 0 unspecified atom stereocenters. The number of benzene rings is 2. The number of aryl methyl sites for hydroxylation is 1. The third-order valence-corrected chi connectivity index (χ3v) is 7.20. The summed E-state index contributed by atoms with van der Waals surface area (Å²) in [4.78, 5) is 27.6.